The largest absolute Gasteiger partial charge is 0.504 e. The normalized spacial score (nSPS) is 17.4. The van der Waals surface area contributed by atoms with Crippen molar-refractivity contribution in [1.29, 1.82) is 0 Å². The van der Waals surface area contributed by atoms with E-state index in [1.165, 1.54) is 16.8 Å². The van der Waals surface area contributed by atoms with Gasteiger partial charge < -0.3 is 14.4 Å². The molecule has 0 bridgehead atoms. The van der Waals surface area contributed by atoms with E-state index in [0.717, 1.165) is 31.6 Å². The zero-order chi connectivity index (χ0) is 21.3. The lowest BCUT2D eigenvalue weighted by atomic mass is 9.86. The molecule has 0 saturated heterocycles. The van der Waals surface area contributed by atoms with Crippen LogP contribution >= 0.6 is 0 Å². The van der Waals surface area contributed by atoms with Crippen LogP contribution in [0.15, 0.2) is 60.8 Å². The molecule has 0 fully saturated rings. The van der Waals surface area contributed by atoms with Crippen molar-refractivity contribution in [2.75, 3.05) is 13.7 Å². The molecule has 1 aliphatic heterocycles. The maximum absolute atomic E-state index is 9.97. The lowest BCUT2D eigenvalue weighted by Crippen LogP contribution is -2.29. The second-order valence-corrected chi connectivity index (χ2v) is 9.23. The van der Waals surface area contributed by atoms with Gasteiger partial charge in [-0.1, -0.05) is 51.1 Å². The minimum atomic E-state index is 0.143. The van der Waals surface area contributed by atoms with Crippen LogP contribution in [-0.2, 0) is 18.5 Å². The quantitative estimate of drug-likeness (QED) is 0.624. The molecule has 0 aliphatic carbocycles. The van der Waals surface area contributed by atoms with Crippen molar-refractivity contribution in [1.82, 2.24) is 9.47 Å². The zero-order valence-electron chi connectivity index (χ0n) is 18.4. The van der Waals surface area contributed by atoms with Crippen LogP contribution in [0.2, 0.25) is 0 Å². The molecule has 4 nitrogen and oxygen atoms in total. The van der Waals surface area contributed by atoms with E-state index < -0.39 is 0 Å². The van der Waals surface area contributed by atoms with Crippen LogP contribution in [0.1, 0.15) is 55.6 Å². The van der Waals surface area contributed by atoms with Gasteiger partial charge in [-0.25, -0.2) is 0 Å². The van der Waals surface area contributed by atoms with Crippen LogP contribution in [-0.4, -0.2) is 28.2 Å². The number of hydrogen-bond donors (Lipinski definition) is 1. The van der Waals surface area contributed by atoms with E-state index in [-0.39, 0.29) is 17.2 Å². The van der Waals surface area contributed by atoms with Crippen molar-refractivity contribution in [3.8, 4) is 11.5 Å². The summed E-state index contributed by atoms with van der Waals surface area (Å²) in [5, 5.41) is 9.97. The fourth-order valence-corrected chi connectivity index (χ4v) is 4.41. The first-order valence-electron chi connectivity index (χ1n) is 10.7. The first kappa shape index (κ1) is 20.5. The third-order valence-electron chi connectivity index (χ3n) is 6.08. The Balaban J connectivity index is 1.71. The van der Waals surface area contributed by atoms with Gasteiger partial charge in [-0.15, -0.1) is 0 Å². The summed E-state index contributed by atoms with van der Waals surface area (Å²) in [7, 11) is 1.59. The van der Waals surface area contributed by atoms with Crippen LogP contribution in [0, 0.1) is 0 Å². The van der Waals surface area contributed by atoms with Gasteiger partial charge in [0.05, 0.1) is 13.2 Å². The van der Waals surface area contributed by atoms with Gasteiger partial charge in [-0.05, 0) is 52.8 Å². The van der Waals surface area contributed by atoms with Crippen molar-refractivity contribution in [2.24, 2.45) is 0 Å². The summed E-state index contributed by atoms with van der Waals surface area (Å²) >= 11 is 0. The molecule has 158 valence electrons. The van der Waals surface area contributed by atoms with E-state index in [9.17, 15) is 5.11 Å². The Morgan fingerprint density at radius 1 is 1.03 bits per heavy atom. The second kappa shape index (κ2) is 8.19. The SMILES string of the molecule is COc1cc(CN2CCCn3cccc3C2c2ccc(C(C)(C)C)cc2)ccc1O. The van der Waals surface area contributed by atoms with Gasteiger partial charge >= 0.3 is 0 Å². The molecular formula is C26H32N2O2. The molecule has 4 heteroatoms. The van der Waals surface area contributed by atoms with Crippen molar-refractivity contribution in [2.45, 2.75) is 51.7 Å². The molecule has 0 spiro atoms. The summed E-state index contributed by atoms with van der Waals surface area (Å²) < 4.78 is 7.72. The van der Waals surface area contributed by atoms with Gasteiger partial charge in [0.15, 0.2) is 11.5 Å². The number of benzene rings is 2. The number of ether oxygens (including phenoxy) is 1. The van der Waals surface area contributed by atoms with E-state index in [2.05, 4.69) is 72.8 Å². The average Bonchev–Trinajstić information content (AvgIpc) is 3.10. The summed E-state index contributed by atoms with van der Waals surface area (Å²) in [6.45, 7) is 9.61. The molecule has 1 aromatic heterocycles. The number of aromatic hydroxyl groups is 1. The molecule has 2 aromatic carbocycles. The Morgan fingerprint density at radius 3 is 2.50 bits per heavy atom. The third kappa shape index (κ3) is 4.10. The van der Waals surface area contributed by atoms with E-state index >= 15 is 0 Å². The van der Waals surface area contributed by atoms with Crippen molar-refractivity contribution in [3.63, 3.8) is 0 Å². The van der Waals surface area contributed by atoms with E-state index in [0.29, 0.717) is 5.75 Å². The number of hydrogen-bond acceptors (Lipinski definition) is 3. The van der Waals surface area contributed by atoms with Crippen molar-refractivity contribution >= 4 is 0 Å². The van der Waals surface area contributed by atoms with Crippen LogP contribution in [0.3, 0.4) is 0 Å². The second-order valence-electron chi connectivity index (χ2n) is 9.23. The van der Waals surface area contributed by atoms with Crippen LogP contribution in [0.25, 0.3) is 0 Å². The summed E-state index contributed by atoms with van der Waals surface area (Å²) in [4.78, 5) is 2.54. The highest BCUT2D eigenvalue weighted by atomic mass is 16.5. The van der Waals surface area contributed by atoms with Gasteiger partial charge in [0.25, 0.3) is 0 Å². The molecule has 2 heterocycles. The Bertz CT molecular complexity index is 999. The van der Waals surface area contributed by atoms with Gasteiger partial charge in [0.2, 0.25) is 0 Å². The molecule has 1 atom stereocenters. The van der Waals surface area contributed by atoms with E-state index in [1.807, 2.05) is 12.1 Å². The number of fused-ring (bicyclic) bond motifs is 1. The van der Waals surface area contributed by atoms with Gasteiger partial charge in [-0.3, -0.25) is 4.90 Å². The van der Waals surface area contributed by atoms with E-state index in [1.54, 1.807) is 13.2 Å². The number of nitrogens with zero attached hydrogens (tertiary/aromatic N) is 2. The molecule has 0 radical (unpaired) electrons. The standard InChI is InChI=1S/C26H32N2O2/c1-26(2,3)21-11-9-20(10-12-21)25-22-7-5-14-27(22)15-6-16-28(25)18-19-8-13-23(29)24(17-19)30-4/h5,7-14,17,25,29H,6,15-16,18H2,1-4H3. The topological polar surface area (TPSA) is 37.6 Å². The molecule has 4 rings (SSSR count). The predicted octanol–water partition coefficient (Wildman–Crippen LogP) is 5.50. The van der Waals surface area contributed by atoms with Crippen molar-refractivity contribution in [3.05, 3.63) is 83.2 Å². The fourth-order valence-electron chi connectivity index (χ4n) is 4.41. The van der Waals surface area contributed by atoms with Crippen molar-refractivity contribution < 1.29 is 9.84 Å². The Morgan fingerprint density at radius 2 is 1.80 bits per heavy atom. The monoisotopic (exact) mass is 404 g/mol. The molecule has 1 unspecified atom stereocenters. The highest BCUT2D eigenvalue weighted by molar-refractivity contribution is 5.42. The maximum atomic E-state index is 9.97. The third-order valence-corrected chi connectivity index (χ3v) is 6.08. The molecule has 0 saturated carbocycles. The van der Waals surface area contributed by atoms with Gasteiger partial charge in [-0.2, -0.15) is 0 Å². The molecule has 1 N–H and O–H groups in total. The molecule has 30 heavy (non-hydrogen) atoms. The lowest BCUT2D eigenvalue weighted by Gasteiger charge is -2.31. The molecule has 1 aliphatic rings. The number of phenols is 1. The Hall–Kier alpha value is -2.72. The summed E-state index contributed by atoms with van der Waals surface area (Å²) in [6.07, 6.45) is 3.30. The minimum absolute atomic E-state index is 0.143. The Labute approximate surface area is 179 Å². The van der Waals surface area contributed by atoms with Crippen LogP contribution in [0.5, 0.6) is 11.5 Å². The lowest BCUT2D eigenvalue weighted by molar-refractivity contribution is 0.220. The maximum Gasteiger partial charge on any atom is 0.160 e. The molecule has 3 aromatic rings. The van der Waals surface area contributed by atoms with E-state index in [4.69, 9.17) is 4.74 Å². The fraction of sp³-hybridized carbons (Fsp3) is 0.385. The zero-order valence-corrected chi connectivity index (χ0v) is 18.4. The summed E-state index contributed by atoms with van der Waals surface area (Å²) in [5.41, 5.74) is 5.29. The number of phenolic OH excluding ortho intramolecular Hbond substituents is 1. The molecule has 0 amide bonds. The number of aryl methyl sites for hydroxylation is 1. The van der Waals surface area contributed by atoms with Gasteiger partial charge in [0.1, 0.15) is 0 Å². The first-order valence-corrected chi connectivity index (χ1v) is 10.7. The predicted molar refractivity (Wildman–Crippen MR) is 121 cm³/mol. The summed E-state index contributed by atoms with van der Waals surface area (Å²) in [6, 6.07) is 19.4. The first-order chi connectivity index (χ1) is 14.4. The number of methoxy groups -OCH3 is 1. The number of aromatic nitrogens is 1. The van der Waals surface area contributed by atoms with Crippen LogP contribution < -0.4 is 4.74 Å². The highest BCUT2D eigenvalue weighted by Gasteiger charge is 2.28. The smallest absolute Gasteiger partial charge is 0.160 e. The van der Waals surface area contributed by atoms with Gasteiger partial charge in [0, 0.05) is 31.5 Å². The minimum Gasteiger partial charge on any atom is -0.504 e. The summed E-state index contributed by atoms with van der Waals surface area (Å²) in [5.74, 6) is 0.706. The average molecular weight is 405 g/mol. The van der Waals surface area contributed by atoms with Crippen LogP contribution in [0.4, 0.5) is 0 Å². The highest BCUT2D eigenvalue weighted by Crippen LogP contribution is 2.35. The Kier molecular flexibility index (Phi) is 5.61. The molecular weight excluding hydrogens is 372 g/mol. The number of rotatable bonds is 4.